The molecule has 2 fully saturated rings. The minimum absolute atomic E-state index is 0.407. The Morgan fingerprint density at radius 1 is 1.24 bits per heavy atom. The number of carbonyl (C=O) groups is 1. The van der Waals surface area contributed by atoms with Gasteiger partial charge in [0.1, 0.15) is 6.04 Å². The number of carboxylic acid groups (broad SMARTS) is 1. The van der Waals surface area contributed by atoms with Gasteiger partial charge in [-0.05, 0) is 18.4 Å². The third kappa shape index (κ3) is 3.26. The van der Waals surface area contributed by atoms with E-state index < -0.39 is 12.0 Å². The Labute approximate surface area is 125 Å². The third-order valence-corrected chi connectivity index (χ3v) is 4.55. The maximum atomic E-state index is 11.4. The largest absolute Gasteiger partial charge is 0.480 e. The highest BCUT2D eigenvalue weighted by atomic mass is 16.4. The molecule has 0 spiro atoms. The van der Waals surface area contributed by atoms with Crippen LogP contribution in [0.4, 0.5) is 0 Å². The molecule has 21 heavy (non-hydrogen) atoms. The number of hydrogen-bond acceptors (Lipinski definition) is 4. The van der Waals surface area contributed by atoms with Crippen LogP contribution in [0, 0.1) is 0 Å². The van der Waals surface area contributed by atoms with E-state index in [4.69, 9.17) is 0 Å². The second-order valence-electron chi connectivity index (χ2n) is 5.89. The second-order valence-corrected chi connectivity index (χ2v) is 5.89. The molecule has 114 valence electrons. The molecule has 0 radical (unpaired) electrons. The van der Waals surface area contributed by atoms with Gasteiger partial charge in [0.15, 0.2) is 0 Å². The van der Waals surface area contributed by atoms with E-state index in [-0.39, 0.29) is 0 Å². The van der Waals surface area contributed by atoms with Crippen molar-refractivity contribution in [3.63, 3.8) is 0 Å². The fourth-order valence-electron chi connectivity index (χ4n) is 3.44. The molecule has 5 nitrogen and oxygen atoms in total. The van der Waals surface area contributed by atoms with Gasteiger partial charge in [0.25, 0.3) is 0 Å². The number of benzene rings is 1. The Kier molecular flexibility index (Phi) is 4.53. The van der Waals surface area contributed by atoms with Crippen molar-refractivity contribution < 1.29 is 9.90 Å². The molecule has 1 aromatic carbocycles. The average molecular weight is 289 g/mol. The lowest BCUT2D eigenvalue weighted by Gasteiger charge is -2.38. The average Bonchev–Trinajstić information content (AvgIpc) is 2.96. The van der Waals surface area contributed by atoms with Crippen molar-refractivity contribution in [2.45, 2.75) is 24.9 Å². The minimum Gasteiger partial charge on any atom is -0.480 e. The van der Waals surface area contributed by atoms with Crippen molar-refractivity contribution in [1.82, 2.24) is 15.1 Å². The molecular weight excluding hydrogens is 266 g/mol. The summed E-state index contributed by atoms with van der Waals surface area (Å²) in [5.74, 6) is -0.724. The zero-order chi connectivity index (χ0) is 14.7. The van der Waals surface area contributed by atoms with Crippen molar-refractivity contribution in [2.24, 2.45) is 0 Å². The highest BCUT2D eigenvalue weighted by Gasteiger charge is 2.33. The molecule has 2 N–H and O–H groups in total. The molecule has 0 saturated carbocycles. The minimum atomic E-state index is -0.724. The Morgan fingerprint density at radius 3 is 2.81 bits per heavy atom. The SMILES string of the molecule is O=C(O)C1CNCCN1CN1CCC[C@H]1c1ccccc1. The normalized spacial score (nSPS) is 27.8. The molecule has 1 aromatic rings. The number of piperazine rings is 1. The number of hydrogen-bond donors (Lipinski definition) is 2. The van der Waals surface area contributed by atoms with Gasteiger partial charge >= 0.3 is 5.97 Å². The van der Waals surface area contributed by atoms with E-state index in [0.29, 0.717) is 12.6 Å². The molecule has 0 aliphatic carbocycles. The van der Waals surface area contributed by atoms with Crippen LogP contribution in [-0.2, 0) is 4.79 Å². The maximum absolute atomic E-state index is 11.4. The van der Waals surface area contributed by atoms with E-state index in [0.717, 1.165) is 32.7 Å². The topological polar surface area (TPSA) is 55.8 Å². The van der Waals surface area contributed by atoms with Crippen molar-refractivity contribution in [1.29, 1.82) is 0 Å². The summed E-state index contributed by atoms with van der Waals surface area (Å²) in [5.41, 5.74) is 1.34. The van der Waals surface area contributed by atoms with Gasteiger partial charge in [-0.2, -0.15) is 0 Å². The van der Waals surface area contributed by atoms with Gasteiger partial charge in [-0.1, -0.05) is 30.3 Å². The summed E-state index contributed by atoms with van der Waals surface area (Å²) in [4.78, 5) is 15.9. The van der Waals surface area contributed by atoms with Crippen molar-refractivity contribution >= 4 is 5.97 Å². The molecule has 2 atom stereocenters. The first kappa shape index (κ1) is 14.5. The predicted molar refractivity (Wildman–Crippen MR) is 81.0 cm³/mol. The molecule has 0 aromatic heterocycles. The van der Waals surface area contributed by atoms with Crippen LogP contribution < -0.4 is 5.32 Å². The zero-order valence-corrected chi connectivity index (χ0v) is 12.2. The Morgan fingerprint density at radius 2 is 2.05 bits per heavy atom. The molecule has 2 aliphatic rings. The van der Waals surface area contributed by atoms with Gasteiger partial charge in [0.05, 0.1) is 6.67 Å². The summed E-state index contributed by atoms with van der Waals surface area (Å²) in [7, 11) is 0. The van der Waals surface area contributed by atoms with Gasteiger partial charge in [0, 0.05) is 32.2 Å². The van der Waals surface area contributed by atoms with Crippen LogP contribution in [0.5, 0.6) is 0 Å². The van der Waals surface area contributed by atoms with E-state index in [1.807, 2.05) is 6.07 Å². The molecular formula is C16H23N3O2. The summed E-state index contributed by atoms with van der Waals surface area (Å²) in [6, 6.07) is 10.6. The first-order valence-corrected chi connectivity index (χ1v) is 7.72. The molecule has 5 heteroatoms. The van der Waals surface area contributed by atoms with Crippen LogP contribution in [0.3, 0.4) is 0 Å². The lowest BCUT2D eigenvalue weighted by Crippen LogP contribution is -2.57. The predicted octanol–water partition coefficient (Wildman–Crippen LogP) is 1.14. The fourth-order valence-corrected chi connectivity index (χ4v) is 3.44. The van der Waals surface area contributed by atoms with Crippen LogP contribution in [0.2, 0.25) is 0 Å². The molecule has 3 rings (SSSR count). The van der Waals surface area contributed by atoms with E-state index in [1.54, 1.807) is 0 Å². The lowest BCUT2D eigenvalue weighted by molar-refractivity contribution is -0.145. The van der Waals surface area contributed by atoms with E-state index in [9.17, 15) is 9.90 Å². The number of carboxylic acids is 1. The molecule has 2 aliphatic heterocycles. The first-order chi connectivity index (χ1) is 10.3. The van der Waals surface area contributed by atoms with Crippen molar-refractivity contribution in [3.8, 4) is 0 Å². The Hall–Kier alpha value is -1.43. The number of nitrogens with zero attached hydrogens (tertiary/aromatic N) is 2. The van der Waals surface area contributed by atoms with E-state index >= 15 is 0 Å². The Bertz CT molecular complexity index is 480. The van der Waals surface area contributed by atoms with Crippen molar-refractivity contribution in [2.75, 3.05) is 32.8 Å². The number of nitrogens with one attached hydrogen (secondary N) is 1. The zero-order valence-electron chi connectivity index (χ0n) is 12.2. The number of rotatable bonds is 4. The molecule has 2 saturated heterocycles. The smallest absolute Gasteiger partial charge is 0.322 e. The van der Waals surface area contributed by atoms with Crippen molar-refractivity contribution in [3.05, 3.63) is 35.9 Å². The Balaban J connectivity index is 1.69. The van der Waals surface area contributed by atoms with Gasteiger partial charge < -0.3 is 10.4 Å². The number of aliphatic carboxylic acids is 1. The fraction of sp³-hybridized carbons (Fsp3) is 0.562. The quantitative estimate of drug-likeness (QED) is 0.870. The summed E-state index contributed by atoms with van der Waals surface area (Å²) in [6.45, 7) is 4.01. The van der Waals surface area contributed by atoms with E-state index in [2.05, 4.69) is 39.4 Å². The van der Waals surface area contributed by atoms with Crippen LogP contribution >= 0.6 is 0 Å². The lowest BCUT2D eigenvalue weighted by atomic mass is 10.0. The highest BCUT2D eigenvalue weighted by molar-refractivity contribution is 5.73. The summed E-state index contributed by atoms with van der Waals surface area (Å²) in [6.07, 6.45) is 2.34. The van der Waals surface area contributed by atoms with Gasteiger partial charge in [-0.15, -0.1) is 0 Å². The van der Waals surface area contributed by atoms with Crippen LogP contribution in [-0.4, -0.2) is 59.8 Å². The molecule has 0 bridgehead atoms. The first-order valence-electron chi connectivity index (χ1n) is 7.72. The van der Waals surface area contributed by atoms with Crippen LogP contribution in [0.1, 0.15) is 24.4 Å². The summed E-state index contributed by atoms with van der Waals surface area (Å²) < 4.78 is 0. The van der Waals surface area contributed by atoms with Crippen LogP contribution in [0.15, 0.2) is 30.3 Å². The molecule has 2 heterocycles. The maximum Gasteiger partial charge on any atom is 0.322 e. The van der Waals surface area contributed by atoms with E-state index in [1.165, 1.54) is 12.0 Å². The highest BCUT2D eigenvalue weighted by Crippen LogP contribution is 2.31. The third-order valence-electron chi connectivity index (χ3n) is 4.55. The van der Waals surface area contributed by atoms with Gasteiger partial charge in [0.2, 0.25) is 0 Å². The number of likely N-dealkylation sites (tertiary alicyclic amines) is 1. The standard InChI is InChI=1S/C16H23N3O2/c20-16(21)15-11-17-8-10-19(15)12-18-9-4-7-14(18)13-5-2-1-3-6-13/h1-3,5-6,14-15,17H,4,7-12H2,(H,20,21)/t14-,15?/m0/s1. The molecule has 1 unspecified atom stereocenters. The second kappa shape index (κ2) is 6.56. The monoisotopic (exact) mass is 289 g/mol. The molecule has 0 amide bonds. The summed E-state index contributed by atoms with van der Waals surface area (Å²) in [5, 5.41) is 12.5. The van der Waals surface area contributed by atoms with Gasteiger partial charge in [-0.3, -0.25) is 14.6 Å². The van der Waals surface area contributed by atoms with Gasteiger partial charge in [-0.25, -0.2) is 0 Å². The summed E-state index contributed by atoms with van der Waals surface area (Å²) >= 11 is 0. The van der Waals surface area contributed by atoms with Crippen LogP contribution in [0.25, 0.3) is 0 Å².